The Kier molecular flexibility index (Phi) is 4.27. The molecule has 1 aliphatic rings. The van der Waals surface area contributed by atoms with E-state index in [4.69, 9.17) is 4.74 Å². The van der Waals surface area contributed by atoms with Crippen LogP contribution >= 0.6 is 0 Å². The predicted octanol–water partition coefficient (Wildman–Crippen LogP) is 1.39. The molecular weight excluding hydrogens is 246 g/mol. The molecule has 1 amide bonds. The fourth-order valence-electron chi connectivity index (χ4n) is 2.43. The van der Waals surface area contributed by atoms with E-state index in [2.05, 4.69) is 0 Å². The Hall–Kier alpha value is -1.75. The van der Waals surface area contributed by atoms with Gasteiger partial charge in [-0.05, 0) is 31.4 Å². The molecule has 1 aromatic rings. The number of rotatable bonds is 3. The first-order chi connectivity index (χ1) is 9.17. The van der Waals surface area contributed by atoms with Gasteiger partial charge in [0.15, 0.2) is 0 Å². The van der Waals surface area contributed by atoms with Gasteiger partial charge in [0, 0.05) is 12.6 Å². The Balaban J connectivity index is 2.23. The van der Waals surface area contributed by atoms with Gasteiger partial charge in [-0.3, -0.25) is 4.79 Å². The lowest BCUT2D eigenvalue weighted by Gasteiger charge is -2.34. The highest BCUT2D eigenvalue weighted by Crippen LogP contribution is 2.27. The van der Waals surface area contributed by atoms with Gasteiger partial charge < -0.3 is 19.8 Å². The lowest BCUT2D eigenvalue weighted by Crippen LogP contribution is -2.45. The van der Waals surface area contributed by atoms with E-state index in [1.165, 1.54) is 13.2 Å². The number of hydrogen-bond donors (Lipinski definition) is 2. The van der Waals surface area contributed by atoms with Crippen LogP contribution in [0.2, 0.25) is 0 Å². The van der Waals surface area contributed by atoms with E-state index >= 15 is 0 Å². The molecule has 19 heavy (non-hydrogen) atoms. The normalized spacial score (nSPS) is 19.3. The van der Waals surface area contributed by atoms with Gasteiger partial charge in [-0.25, -0.2) is 0 Å². The van der Waals surface area contributed by atoms with E-state index in [0.29, 0.717) is 12.3 Å². The SMILES string of the molecule is COc1ccc(C(=O)N2CCCCC2CO)c(O)c1. The number of ether oxygens (including phenoxy) is 1. The quantitative estimate of drug-likeness (QED) is 0.866. The number of phenols is 1. The fourth-order valence-corrected chi connectivity index (χ4v) is 2.43. The fraction of sp³-hybridized carbons (Fsp3) is 0.500. The van der Waals surface area contributed by atoms with Crippen LogP contribution in [0.15, 0.2) is 18.2 Å². The van der Waals surface area contributed by atoms with Crippen LogP contribution in [0.3, 0.4) is 0 Å². The monoisotopic (exact) mass is 265 g/mol. The van der Waals surface area contributed by atoms with Gasteiger partial charge in [0.1, 0.15) is 11.5 Å². The van der Waals surface area contributed by atoms with Crippen molar-refractivity contribution in [1.29, 1.82) is 0 Å². The maximum absolute atomic E-state index is 12.4. The Labute approximate surface area is 112 Å². The number of benzene rings is 1. The van der Waals surface area contributed by atoms with Crippen molar-refractivity contribution in [3.63, 3.8) is 0 Å². The van der Waals surface area contributed by atoms with Crippen molar-refractivity contribution in [2.45, 2.75) is 25.3 Å². The molecule has 5 nitrogen and oxygen atoms in total. The summed E-state index contributed by atoms with van der Waals surface area (Å²) in [6.45, 7) is 0.582. The number of aliphatic hydroxyl groups excluding tert-OH is 1. The highest BCUT2D eigenvalue weighted by atomic mass is 16.5. The van der Waals surface area contributed by atoms with E-state index in [-0.39, 0.29) is 29.9 Å². The molecule has 1 atom stereocenters. The summed E-state index contributed by atoms with van der Waals surface area (Å²) in [6, 6.07) is 4.47. The van der Waals surface area contributed by atoms with E-state index in [1.54, 1.807) is 17.0 Å². The van der Waals surface area contributed by atoms with Crippen LogP contribution in [0, 0.1) is 0 Å². The molecular formula is C14H19NO4. The minimum absolute atomic E-state index is 0.0390. The number of methoxy groups -OCH3 is 1. The molecule has 1 heterocycles. The molecule has 1 fully saturated rings. The van der Waals surface area contributed by atoms with Crippen molar-refractivity contribution in [3.8, 4) is 11.5 Å². The number of piperidine rings is 1. The van der Waals surface area contributed by atoms with Gasteiger partial charge in [-0.2, -0.15) is 0 Å². The van der Waals surface area contributed by atoms with E-state index < -0.39 is 0 Å². The number of hydrogen-bond acceptors (Lipinski definition) is 4. The number of carbonyl (C=O) groups is 1. The third kappa shape index (κ3) is 2.81. The third-order valence-corrected chi connectivity index (χ3v) is 3.53. The zero-order chi connectivity index (χ0) is 13.8. The summed E-state index contributed by atoms with van der Waals surface area (Å²) < 4.78 is 4.99. The van der Waals surface area contributed by atoms with Gasteiger partial charge in [-0.15, -0.1) is 0 Å². The number of amides is 1. The molecule has 1 unspecified atom stereocenters. The molecule has 2 N–H and O–H groups in total. The summed E-state index contributed by atoms with van der Waals surface area (Å²) >= 11 is 0. The average Bonchev–Trinajstić information content (AvgIpc) is 2.46. The molecule has 0 aliphatic carbocycles. The van der Waals surface area contributed by atoms with E-state index in [0.717, 1.165) is 19.3 Å². The second-order valence-electron chi connectivity index (χ2n) is 4.71. The number of phenolic OH excluding ortho intramolecular Hbond substituents is 1. The van der Waals surface area contributed by atoms with Gasteiger partial charge >= 0.3 is 0 Å². The summed E-state index contributed by atoms with van der Waals surface area (Å²) in [4.78, 5) is 14.0. The topological polar surface area (TPSA) is 70.0 Å². The van der Waals surface area contributed by atoms with Crippen molar-refractivity contribution in [3.05, 3.63) is 23.8 Å². The molecule has 0 spiro atoms. The number of carbonyl (C=O) groups excluding carboxylic acids is 1. The number of aromatic hydroxyl groups is 1. The van der Waals surface area contributed by atoms with Crippen molar-refractivity contribution in [1.82, 2.24) is 4.90 Å². The highest BCUT2D eigenvalue weighted by Gasteiger charge is 2.28. The largest absolute Gasteiger partial charge is 0.507 e. The molecule has 0 bridgehead atoms. The summed E-state index contributed by atoms with van der Waals surface area (Å²) in [7, 11) is 1.50. The molecule has 0 radical (unpaired) electrons. The summed E-state index contributed by atoms with van der Waals surface area (Å²) in [5.41, 5.74) is 0.251. The first-order valence-corrected chi connectivity index (χ1v) is 6.46. The van der Waals surface area contributed by atoms with Gasteiger partial charge in [0.05, 0.1) is 25.3 Å². The van der Waals surface area contributed by atoms with Crippen LogP contribution in [0.5, 0.6) is 11.5 Å². The zero-order valence-corrected chi connectivity index (χ0v) is 11.0. The standard InChI is InChI=1S/C14H19NO4/c1-19-11-5-6-12(13(17)8-11)14(18)15-7-3-2-4-10(15)9-16/h5-6,8,10,16-17H,2-4,7,9H2,1H3. The molecule has 0 saturated carbocycles. The number of nitrogens with zero attached hydrogens (tertiary/aromatic N) is 1. The van der Waals surface area contributed by atoms with Crippen LogP contribution < -0.4 is 4.74 Å². The van der Waals surface area contributed by atoms with Crippen molar-refractivity contribution < 1.29 is 19.7 Å². The Bertz CT molecular complexity index is 461. The Morgan fingerprint density at radius 1 is 1.47 bits per heavy atom. The number of aliphatic hydroxyl groups is 1. The maximum Gasteiger partial charge on any atom is 0.257 e. The minimum atomic E-state index is -0.237. The van der Waals surface area contributed by atoms with Crippen LogP contribution in [-0.2, 0) is 0 Å². The van der Waals surface area contributed by atoms with Gasteiger partial charge in [-0.1, -0.05) is 0 Å². The molecule has 104 valence electrons. The lowest BCUT2D eigenvalue weighted by molar-refractivity contribution is 0.0500. The van der Waals surface area contributed by atoms with E-state index in [9.17, 15) is 15.0 Å². The smallest absolute Gasteiger partial charge is 0.257 e. The van der Waals surface area contributed by atoms with Crippen molar-refractivity contribution >= 4 is 5.91 Å². The molecule has 1 saturated heterocycles. The molecule has 1 aromatic carbocycles. The Morgan fingerprint density at radius 3 is 2.89 bits per heavy atom. The van der Waals surface area contributed by atoms with Crippen LogP contribution in [0.4, 0.5) is 0 Å². The number of likely N-dealkylation sites (tertiary alicyclic amines) is 1. The maximum atomic E-state index is 12.4. The molecule has 5 heteroatoms. The molecule has 2 rings (SSSR count). The average molecular weight is 265 g/mol. The Morgan fingerprint density at radius 2 is 2.26 bits per heavy atom. The second kappa shape index (κ2) is 5.93. The predicted molar refractivity (Wildman–Crippen MR) is 70.4 cm³/mol. The molecule has 0 aromatic heterocycles. The summed E-state index contributed by atoms with van der Waals surface area (Å²) in [6.07, 6.45) is 2.75. The lowest BCUT2D eigenvalue weighted by atomic mass is 10.0. The first-order valence-electron chi connectivity index (χ1n) is 6.46. The second-order valence-corrected chi connectivity index (χ2v) is 4.71. The molecule has 1 aliphatic heterocycles. The van der Waals surface area contributed by atoms with Crippen LogP contribution in [0.25, 0.3) is 0 Å². The van der Waals surface area contributed by atoms with Gasteiger partial charge in [0.25, 0.3) is 5.91 Å². The zero-order valence-electron chi connectivity index (χ0n) is 11.0. The van der Waals surface area contributed by atoms with Crippen LogP contribution in [0.1, 0.15) is 29.6 Å². The van der Waals surface area contributed by atoms with Crippen molar-refractivity contribution in [2.24, 2.45) is 0 Å². The first kappa shape index (κ1) is 13.7. The third-order valence-electron chi connectivity index (χ3n) is 3.53. The van der Waals surface area contributed by atoms with Crippen molar-refractivity contribution in [2.75, 3.05) is 20.3 Å². The summed E-state index contributed by atoms with van der Waals surface area (Å²) in [5, 5.41) is 19.2. The van der Waals surface area contributed by atoms with E-state index in [1.807, 2.05) is 0 Å². The minimum Gasteiger partial charge on any atom is -0.507 e. The van der Waals surface area contributed by atoms with Crippen LogP contribution in [-0.4, -0.2) is 47.3 Å². The summed E-state index contributed by atoms with van der Waals surface area (Å²) in [5.74, 6) is 0.178. The highest BCUT2D eigenvalue weighted by molar-refractivity contribution is 5.97. The van der Waals surface area contributed by atoms with Gasteiger partial charge in [0.2, 0.25) is 0 Å².